The number of fused-ring (bicyclic) bond motifs is 2. The second-order valence-corrected chi connectivity index (χ2v) is 16.5. The Morgan fingerprint density at radius 2 is 1.02 bits per heavy atom. The molecular weight excluding hydrogens is 846 g/mol. The number of unbranched alkanes of at least 4 members (excludes halogenated alkanes) is 2. The fourth-order valence-corrected chi connectivity index (χ4v) is 5.70. The molecule has 4 aromatic rings. The molecular formula is C43H58ClN5O10S2. The number of aliphatic hydroxyl groups is 2. The van der Waals surface area contributed by atoms with Crippen molar-refractivity contribution in [3.05, 3.63) is 137 Å². The zero-order valence-corrected chi connectivity index (χ0v) is 36.8. The van der Waals surface area contributed by atoms with E-state index in [1.165, 1.54) is 27.8 Å². The average molecular weight is 905 g/mol. The molecule has 0 unspecified atom stereocenters. The lowest BCUT2D eigenvalue weighted by Gasteiger charge is -2.13. The van der Waals surface area contributed by atoms with Gasteiger partial charge in [0.25, 0.3) is 20.2 Å². The van der Waals surface area contributed by atoms with Gasteiger partial charge in [0.05, 0.1) is 37.9 Å². The molecule has 0 saturated heterocycles. The molecule has 1 aliphatic carbocycles. The van der Waals surface area contributed by atoms with Crippen LogP contribution in [0.2, 0.25) is 0 Å². The number of rotatable bonds is 17. The van der Waals surface area contributed by atoms with Crippen molar-refractivity contribution in [1.82, 2.24) is 4.90 Å². The largest absolute Gasteiger partial charge is 0.494 e. The Balaban J connectivity index is 0.000000463. The van der Waals surface area contributed by atoms with E-state index in [-0.39, 0.29) is 24.1 Å². The summed E-state index contributed by atoms with van der Waals surface area (Å²) < 4.78 is 65.5. The van der Waals surface area contributed by atoms with Gasteiger partial charge < -0.3 is 36.1 Å². The van der Waals surface area contributed by atoms with E-state index in [9.17, 15) is 16.8 Å². The standard InChI is InChI=1S/C20H21N.C19H24N4O2.2C2H6O4S.ClH/c1-21(2)15-7-12-20-18-10-5-3-8-16(18)13-14-17-9-4-6-11-19(17)20;20-18(21)14-4-8-16(9-5-14)24-12-2-1-3-13-25-17-10-6-15(7-11-17)19(22)23;2*3-1-2-7(4,5)6;/h3-6,8-14H,7,15H2,1-2H3;4-11H,1-3,12-13H2,(H3,20,21)(H3,22,23);2*3H,1-2H2,(H,4,5,6);1H. The van der Waals surface area contributed by atoms with Crippen LogP contribution >= 0.6 is 12.4 Å². The lowest BCUT2D eigenvalue weighted by atomic mass is 9.93. The highest BCUT2D eigenvalue weighted by molar-refractivity contribution is 7.86. The minimum atomic E-state index is -3.92. The van der Waals surface area contributed by atoms with Gasteiger partial charge in [-0.25, -0.2) is 0 Å². The summed E-state index contributed by atoms with van der Waals surface area (Å²) in [7, 11) is -3.61. The summed E-state index contributed by atoms with van der Waals surface area (Å²) in [5, 5.41) is 30.4. The van der Waals surface area contributed by atoms with Gasteiger partial charge in [0.1, 0.15) is 23.2 Å². The molecule has 18 heteroatoms. The summed E-state index contributed by atoms with van der Waals surface area (Å²) in [5.74, 6) is 0.531. The van der Waals surface area contributed by atoms with Crippen LogP contribution in [-0.2, 0) is 20.2 Å². The van der Waals surface area contributed by atoms with Crippen molar-refractivity contribution in [2.75, 3.05) is 58.6 Å². The SMILES string of the molecule is CN(C)CCC=C1c2ccccc2C=Cc2ccccc21.Cl.N=C(N)c1ccc(OCCCCCOc2ccc(C(=N)N)cc2)cc1.O=S(=O)(O)CCO.O=S(=O)(O)CCO. The zero-order chi connectivity index (χ0) is 44.6. The van der Waals surface area contributed by atoms with Gasteiger partial charge in [-0.05, 0) is 116 Å². The Kier molecular flexibility index (Phi) is 25.1. The number of ether oxygens (including phenoxy) is 2. The van der Waals surface area contributed by atoms with Crippen LogP contribution in [0.5, 0.6) is 11.5 Å². The Morgan fingerprint density at radius 1 is 0.639 bits per heavy atom. The van der Waals surface area contributed by atoms with Gasteiger partial charge in [-0.2, -0.15) is 16.8 Å². The average Bonchev–Trinajstić information content (AvgIpc) is 3.34. The maximum Gasteiger partial charge on any atom is 0.267 e. The smallest absolute Gasteiger partial charge is 0.267 e. The van der Waals surface area contributed by atoms with Crippen molar-refractivity contribution in [2.24, 2.45) is 11.5 Å². The van der Waals surface area contributed by atoms with Crippen molar-refractivity contribution in [1.29, 1.82) is 10.8 Å². The molecule has 0 atom stereocenters. The van der Waals surface area contributed by atoms with Gasteiger partial charge in [-0.1, -0.05) is 66.8 Å². The first-order chi connectivity index (χ1) is 28.4. The Morgan fingerprint density at radius 3 is 1.33 bits per heavy atom. The fourth-order valence-electron chi connectivity index (χ4n) is 5.24. The van der Waals surface area contributed by atoms with Gasteiger partial charge >= 0.3 is 0 Å². The first-order valence-corrected chi connectivity index (χ1v) is 22.1. The number of hydrogen-bond acceptors (Lipinski definition) is 11. The van der Waals surface area contributed by atoms with Crippen LogP contribution < -0.4 is 20.9 Å². The minimum absolute atomic E-state index is 0. The predicted octanol–water partition coefficient (Wildman–Crippen LogP) is 5.59. The van der Waals surface area contributed by atoms with E-state index in [4.69, 9.17) is 51.1 Å². The quantitative estimate of drug-likeness (QED) is 0.0245. The van der Waals surface area contributed by atoms with Crippen LogP contribution in [0.4, 0.5) is 0 Å². The minimum Gasteiger partial charge on any atom is -0.494 e. The molecule has 1 aliphatic rings. The van der Waals surface area contributed by atoms with Crippen LogP contribution in [-0.4, -0.2) is 111 Å². The lowest BCUT2D eigenvalue weighted by Crippen LogP contribution is -2.12. The lowest BCUT2D eigenvalue weighted by molar-refractivity contribution is 0.279. The summed E-state index contributed by atoms with van der Waals surface area (Å²) in [6.07, 6.45) is 10.8. The molecule has 4 aromatic carbocycles. The number of benzene rings is 4. The van der Waals surface area contributed by atoms with Crippen LogP contribution in [0, 0.1) is 10.8 Å². The second-order valence-electron chi connectivity index (χ2n) is 13.4. The normalized spacial score (nSPS) is 11.3. The molecule has 0 fully saturated rings. The number of amidine groups is 2. The van der Waals surface area contributed by atoms with Gasteiger partial charge in [0, 0.05) is 17.7 Å². The number of nitrogens with one attached hydrogen (secondary N) is 2. The molecule has 0 radical (unpaired) electrons. The highest BCUT2D eigenvalue weighted by Gasteiger charge is 2.14. The summed E-state index contributed by atoms with van der Waals surface area (Å²) >= 11 is 0. The van der Waals surface area contributed by atoms with E-state index in [1.807, 2.05) is 24.3 Å². The van der Waals surface area contributed by atoms with Crippen LogP contribution in [0.1, 0.15) is 59.1 Å². The number of aliphatic hydroxyl groups excluding tert-OH is 2. The highest BCUT2D eigenvalue weighted by atomic mass is 35.5. The third-order valence-corrected chi connectivity index (χ3v) is 9.62. The van der Waals surface area contributed by atoms with E-state index >= 15 is 0 Å². The molecule has 15 nitrogen and oxygen atoms in total. The number of nitrogen functional groups attached to an aromatic ring is 2. The molecule has 0 aromatic heterocycles. The maximum absolute atomic E-state index is 9.63. The van der Waals surface area contributed by atoms with Gasteiger partial charge in [0.15, 0.2) is 0 Å². The number of nitrogens with zero attached hydrogens (tertiary/aromatic N) is 1. The number of halogens is 1. The number of nitrogens with two attached hydrogens (primary N) is 2. The maximum atomic E-state index is 9.63. The molecule has 0 amide bonds. The third kappa shape index (κ3) is 22.9. The zero-order valence-electron chi connectivity index (χ0n) is 34.3. The molecule has 334 valence electrons. The van der Waals surface area contributed by atoms with Gasteiger partial charge in [0.2, 0.25) is 0 Å². The van der Waals surface area contributed by atoms with Crippen molar-refractivity contribution < 1.29 is 45.6 Å². The van der Waals surface area contributed by atoms with Crippen molar-refractivity contribution in [3.63, 3.8) is 0 Å². The molecule has 0 heterocycles. The number of hydrogen-bond donors (Lipinski definition) is 8. The Hall–Kier alpha value is -5.11. The molecule has 61 heavy (non-hydrogen) atoms. The van der Waals surface area contributed by atoms with E-state index in [1.54, 1.807) is 24.3 Å². The van der Waals surface area contributed by atoms with Crippen molar-refractivity contribution in [3.8, 4) is 11.5 Å². The molecule has 0 spiro atoms. The molecule has 0 aliphatic heterocycles. The van der Waals surface area contributed by atoms with E-state index < -0.39 is 45.0 Å². The van der Waals surface area contributed by atoms with Crippen LogP contribution in [0.25, 0.3) is 17.7 Å². The van der Waals surface area contributed by atoms with E-state index in [0.717, 1.165) is 43.7 Å². The third-order valence-electron chi connectivity index (χ3n) is 8.22. The van der Waals surface area contributed by atoms with Crippen molar-refractivity contribution >= 4 is 62.0 Å². The van der Waals surface area contributed by atoms with E-state index in [2.05, 4.69) is 85.8 Å². The summed E-state index contributed by atoms with van der Waals surface area (Å²) in [5.41, 5.74) is 18.8. The summed E-state index contributed by atoms with van der Waals surface area (Å²) in [4.78, 5) is 2.23. The predicted molar refractivity (Wildman–Crippen MR) is 246 cm³/mol. The second kappa shape index (κ2) is 28.4. The molecule has 0 bridgehead atoms. The first kappa shape index (κ1) is 53.9. The highest BCUT2D eigenvalue weighted by Crippen LogP contribution is 2.33. The van der Waals surface area contributed by atoms with E-state index in [0.29, 0.717) is 24.3 Å². The Bertz CT molecular complexity index is 2070. The topological polar surface area (TPSA) is 271 Å². The Labute approximate surface area is 365 Å². The monoisotopic (exact) mass is 903 g/mol. The first-order valence-electron chi connectivity index (χ1n) is 18.9. The van der Waals surface area contributed by atoms with Crippen molar-refractivity contribution in [2.45, 2.75) is 25.7 Å². The fraction of sp³-hybridized carbons (Fsp3) is 0.302. The van der Waals surface area contributed by atoms with Crippen LogP contribution in [0.3, 0.4) is 0 Å². The van der Waals surface area contributed by atoms with Crippen LogP contribution in [0.15, 0.2) is 103 Å². The summed E-state index contributed by atoms with van der Waals surface area (Å²) in [6.45, 7) is 1.30. The summed E-state index contributed by atoms with van der Waals surface area (Å²) in [6, 6.07) is 31.7. The molecule has 0 saturated carbocycles. The van der Waals surface area contributed by atoms with Gasteiger partial charge in [-0.3, -0.25) is 19.9 Å². The van der Waals surface area contributed by atoms with Gasteiger partial charge in [-0.15, -0.1) is 12.4 Å². The molecule has 10 N–H and O–H groups in total. The molecule has 5 rings (SSSR count).